The number of rotatable bonds is 13. The van der Waals surface area contributed by atoms with Crippen molar-refractivity contribution in [3.8, 4) is 11.5 Å². The Hall–Kier alpha value is -4.05. The van der Waals surface area contributed by atoms with Crippen molar-refractivity contribution >= 4 is 27.5 Å². The van der Waals surface area contributed by atoms with Crippen molar-refractivity contribution in [3.63, 3.8) is 0 Å². The molecule has 39 heavy (non-hydrogen) atoms. The van der Waals surface area contributed by atoms with E-state index in [0.29, 0.717) is 30.2 Å². The molecular weight excluding hydrogens is 518 g/mol. The lowest BCUT2D eigenvalue weighted by Gasteiger charge is -2.33. The highest BCUT2D eigenvalue weighted by molar-refractivity contribution is 7.92. The van der Waals surface area contributed by atoms with Crippen molar-refractivity contribution in [2.45, 2.75) is 37.8 Å². The Morgan fingerprint density at radius 2 is 1.51 bits per heavy atom. The molecule has 0 saturated carbocycles. The molecule has 208 valence electrons. The van der Waals surface area contributed by atoms with Crippen LogP contribution in [0.5, 0.6) is 11.5 Å². The van der Waals surface area contributed by atoms with E-state index in [1.165, 1.54) is 24.1 Å². The van der Waals surface area contributed by atoms with Crippen molar-refractivity contribution in [1.29, 1.82) is 0 Å². The van der Waals surface area contributed by atoms with E-state index in [2.05, 4.69) is 5.32 Å². The van der Waals surface area contributed by atoms with Crippen LogP contribution in [0, 0.1) is 0 Å². The van der Waals surface area contributed by atoms with Gasteiger partial charge in [-0.15, -0.1) is 0 Å². The molecule has 0 aliphatic heterocycles. The Kier molecular flexibility index (Phi) is 10.3. The van der Waals surface area contributed by atoms with Crippen molar-refractivity contribution < 1.29 is 27.5 Å². The largest absolute Gasteiger partial charge is 0.497 e. The predicted molar refractivity (Wildman–Crippen MR) is 150 cm³/mol. The Morgan fingerprint density at radius 1 is 0.897 bits per heavy atom. The molecule has 0 aliphatic rings. The Labute approximate surface area is 230 Å². The predicted octanol–water partition coefficient (Wildman–Crippen LogP) is 3.84. The molecule has 3 aromatic rings. The van der Waals surface area contributed by atoms with E-state index in [1.54, 1.807) is 80.8 Å². The van der Waals surface area contributed by atoms with Crippen LogP contribution in [0.25, 0.3) is 0 Å². The highest BCUT2D eigenvalue weighted by Gasteiger charge is 2.33. The van der Waals surface area contributed by atoms with Gasteiger partial charge in [-0.3, -0.25) is 13.9 Å². The highest BCUT2D eigenvalue weighted by Crippen LogP contribution is 2.27. The molecular formula is C29H35N3O6S. The topological polar surface area (TPSA) is 105 Å². The summed E-state index contributed by atoms with van der Waals surface area (Å²) in [5.41, 5.74) is 1.07. The average molecular weight is 554 g/mol. The molecule has 0 heterocycles. The van der Waals surface area contributed by atoms with Gasteiger partial charge < -0.3 is 19.7 Å². The summed E-state index contributed by atoms with van der Waals surface area (Å²) in [5.74, 6) is 0.384. The van der Waals surface area contributed by atoms with Gasteiger partial charge in [-0.25, -0.2) is 8.42 Å². The number of ether oxygens (including phenoxy) is 2. The van der Waals surface area contributed by atoms with Crippen LogP contribution in [0.1, 0.15) is 25.8 Å². The van der Waals surface area contributed by atoms with Crippen LogP contribution in [0.4, 0.5) is 5.69 Å². The SMILES string of the molecule is CCOc1ccc(N(CC(=O)N(Cc2ccc(OC)cc2)[C@@H](CC)C(=O)NC)S(=O)(=O)c2ccccc2)cc1. The van der Waals surface area contributed by atoms with Gasteiger partial charge >= 0.3 is 0 Å². The third-order valence-corrected chi connectivity index (χ3v) is 7.98. The molecule has 0 aliphatic carbocycles. The van der Waals surface area contributed by atoms with Crippen molar-refractivity contribution in [2.24, 2.45) is 0 Å². The first-order chi connectivity index (χ1) is 18.7. The monoisotopic (exact) mass is 553 g/mol. The average Bonchev–Trinajstić information content (AvgIpc) is 2.96. The number of carbonyl (C=O) groups is 2. The van der Waals surface area contributed by atoms with E-state index in [1.807, 2.05) is 6.92 Å². The Morgan fingerprint density at radius 3 is 2.05 bits per heavy atom. The van der Waals surface area contributed by atoms with Gasteiger partial charge in [0.25, 0.3) is 10.0 Å². The standard InChI is InChI=1S/C29H35N3O6S/c1-5-27(29(34)30-3)31(20-22-12-16-24(37-4)17-13-22)28(33)21-32(23-14-18-25(19-15-23)38-6-2)39(35,36)26-10-8-7-9-11-26/h7-19,27H,5-6,20-21H2,1-4H3,(H,30,34)/t27-/m0/s1. The fourth-order valence-electron chi connectivity index (χ4n) is 4.14. The quantitative estimate of drug-likeness (QED) is 0.345. The van der Waals surface area contributed by atoms with Gasteiger partial charge in [0.2, 0.25) is 11.8 Å². The minimum Gasteiger partial charge on any atom is -0.497 e. The van der Waals surface area contributed by atoms with Gasteiger partial charge in [0.05, 0.1) is 24.3 Å². The molecule has 3 aromatic carbocycles. The second-order valence-corrected chi connectivity index (χ2v) is 10.5. The molecule has 0 fully saturated rings. The normalized spacial score (nSPS) is 11.8. The lowest BCUT2D eigenvalue weighted by molar-refractivity contribution is -0.140. The number of methoxy groups -OCH3 is 1. The maximum atomic E-state index is 13.9. The third-order valence-electron chi connectivity index (χ3n) is 6.19. The van der Waals surface area contributed by atoms with Crippen LogP contribution >= 0.6 is 0 Å². The number of hydrogen-bond donors (Lipinski definition) is 1. The van der Waals surface area contributed by atoms with Crippen molar-refractivity contribution in [2.75, 3.05) is 31.6 Å². The van der Waals surface area contributed by atoms with Crippen LogP contribution in [0.2, 0.25) is 0 Å². The number of hydrogen-bond acceptors (Lipinski definition) is 6. The number of nitrogens with zero attached hydrogens (tertiary/aromatic N) is 2. The molecule has 9 nitrogen and oxygen atoms in total. The van der Waals surface area contributed by atoms with Crippen LogP contribution in [-0.2, 0) is 26.2 Å². The molecule has 0 unspecified atom stereocenters. The summed E-state index contributed by atoms with van der Waals surface area (Å²) in [7, 11) is -1.05. The van der Waals surface area contributed by atoms with Crippen molar-refractivity contribution in [1.82, 2.24) is 10.2 Å². The summed E-state index contributed by atoms with van der Waals surface area (Å²) in [4.78, 5) is 28.2. The van der Waals surface area contributed by atoms with E-state index in [9.17, 15) is 18.0 Å². The molecule has 0 aromatic heterocycles. The van der Waals surface area contributed by atoms with Crippen molar-refractivity contribution in [3.05, 3.63) is 84.4 Å². The van der Waals surface area contributed by atoms with Crippen LogP contribution in [-0.4, -0.2) is 58.5 Å². The van der Waals surface area contributed by atoms with Gasteiger partial charge in [-0.2, -0.15) is 0 Å². The fourth-order valence-corrected chi connectivity index (χ4v) is 5.57. The third kappa shape index (κ3) is 7.29. The first-order valence-electron chi connectivity index (χ1n) is 12.7. The van der Waals surface area contributed by atoms with E-state index < -0.39 is 28.5 Å². The zero-order valence-electron chi connectivity index (χ0n) is 22.7. The Bertz CT molecular complexity index is 1330. The van der Waals surface area contributed by atoms with E-state index in [4.69, 9.17) is 9.47 Å². The molecule has 0 spiro atoms. The molecule has 2 amide bonds. The highest BCUT2D eigenvalue weighted by atomic mass is 32.2. The lowest BCUT2D eigenvalue weighted by atomic mass is 10.1. The van der Waals surface area contributed by atoms with Crippen LogP contribution in [0.3, 0.4) is 0 Å². The zero-order valence-corrected chi connectivity index (χ0v) is 23.5. The number of likely N-dealkylation sites (N-methyl/N-ethyl adjacent to an activating group) is 1. The number of nitrogens with one attached hydrogen (secondary N) is 1. The minimum atomic E-state index is -4.12. The molecule has 0 saturated heterocycles. The smallest absolute Gasteiger partial charge is 0.264 e. The molecule has 3 rings (SSSR count). The van der Waals surface area contributed by atoms with E-state index in [-0.39, 0.29) is 17.3 Å². The molecule has 1 N–H and O–H groups in total. The summed E-state index contributed by atoms with van der Waals surface area (Å²) < 4.78 is 39.4. The Balaban J connectivity index is 2.03. The first kappa shape index (κ1) is 29.5. The second-order valence-electron chi connectivity index (χ2n) is 8.66. The number of benzene rings is 3. The second kappa shape index (κ2) is 13.7. The van der Waals surface area contributed by atoms with Crippen LogP contribution < -0.4 is 19.1 Å². The number of anilines is 1. The summed E-state index contributed by atoms with van der Waals surface area (Å²) in [5, 5.41) is 2.62. The summed E-state index contributed by atoms with van der Waals surface area (Å²) in [6.45, 7) is 3.72. The molecule has 0 bridgehead atoms. The molecule has 1 atom stereocenters. The molecule has 0 radical (unpaired) electrons. The van der Waals surface area contributed by atoms with E-state index in [0.717, 1.165) is 9.87 Å². The maximum Gasteiger partial charge on any atom is 0.264 e. The van der Waals surface area contributed by atoms with Gasteiger partial charge in [0.15, 0.2) is 0 Å². The molecule has 10 heteroatoms. The van der Waals surface area contributed by atoms with E-state index >= 15 is 0 Å². The number of amides is 2. The van der Waals surface area contributed by atoms with Gasteiger partial charge in [-0.05, 0) is 67.4 Å². The lowest BCUT2D eigenvalue weighted by Crippen LogP contribution is -2.51. The van der Waals surface area contributed by atoms with Gasteiger partial charge in [-0.1, -0.05) is 37.3 Å². The maximum absolute atomic E-state index is 13.9. The number of carbonyl (C=O) groups excluding carboxylic acids is 2. The number of sulfonamides is 1. The van der Waals surface area contributed by atoms with Gasteiger partial charge in [0.1, 0.15) is 24.1 Å². The minimum absolute atomic E-state index is 0.0479. The zero-order chi connectivity index (χ0) is 28.4. The summed E-state index contributed by atoms with van der Waals surface area (Å²) in [6, 6.07) is 20.8. The van der Waals surface area contributed by atoms with Crippen LogP contribution in [0.15, 0.2) is 83.8 Å². The first-order valence-corrected chi connectivity index (χ1v) is 14.1. The fraction of sp³-hybridized carbons (Fsp3) is 0.310. The summed E-state index contributed by atoms with van der Waals surface area (Å²) >= 11 is 0. The van der Waals surface area contributed by atoms with Gasteiger partial charge in [0, 0.05) is 13.6 Å². The summed E-state index contributed by atoms with van der Waals surface area (Å²) in [6.07, 6.45) is 0.343.